The molecular weight excluding hydrogens is 723 g/mol. The largest absolute Gasteiger partial charge is 0.394 e. The van der Waals surface area contributed by atoms with Crippen LogP contribution in [0.1, 0.15) is 206 Å². The van der Waals surface area contributed by atoms with Gasteiger partial charge in [0.15, 0.2) is 6.29 Å². The van der Waals surface area contributed by atoms with Gasteiger partial charge in [0, 0.05) is 0 Å². The van der Waals surface area contributed by atoms with E-state index in [1.54, 1.807) is 6.08 Å². The molecular formula is C47H89NO9. The third-order valence-electron chi connectivity index (χ3n) is 11.4. The van der Waals surface area contributed by atoms with E-state index in [2.05, 4.69) is 31.3 Å². The quantitative estimate of drug-likeness (QED) is 0.0237. The van der Waals surface area contributed by atoms with Crippen LogP contribution in [0.4, 0.5) is 0 Å². The zero-order chi connectivity index (χ0) is 41.8. The Morgan fingerprint density at radius 3 is 1.47 bits per heavy atom. The summed E-state index contributed by atoms with van der Waals surface area (Å²) in [6, 6.07) is -0.977. The highest BCUT2D eigenvalue weighted by atomic mass is 16.7. The molecule has 10 nitrogen and oxygen atoms in total. The van der Waals surface area contributed by atoms with Crippen molar-refractivity contribution in [3.8, 4) is 0 Å². The molecule has 1 amide bonds. The van der Waals surface area contributed by atoms with Crippen LogP contribution in [0.5, 0.6) is 0 Å². The van der Waals surface area contributed by atoms with Crippen molar-refractivity contribution in [1.29, 1.82) is 0 Å². The number of hydrogen-bond donors (Lipinski definition) is 7. The van der Waals surface area contributed by atoms with Crippen LogP contribution in [-0.4, -0.2) is 98.7 Å². The molecule has 1 rings (SSSR count). The van der Waals surface area contributed by atoms with Crippen LogP contribution in [0.2, 0.25) is 0 Å². The summed E-state index contributed by atoms with van der Waals surface area (Å²) in [6.45, 7) is 3.59. The van der Waals surface area contributed by atoms with E-state index in [1.165, 1.54) is 141 Å². The van der Waals surface area contributed by atoms with Crippen molar-refractivity contribution < 1.29 is 44.9 Å². The van der Waals surface area contributed by atoms with Crippen molar-refractivity contribution >= 4 is 5.91 Å². The summed E-state index contributed by atoms with van der Waals surface area (Å²) in [5.74, 6) is -0.618. The molecule has 1 saturated heterocycles. The van der Waals surface area contributed by atoms with Gasteiger partial charge in [-0.1, -0.05) is 186 Å². The number of unbranched alkanes of at least 4 members (excludes halogenated alkanes) is 26. The van der Waals surface area contributed by atoms with Crippen molar-refractivity contribution in [2.75, 3.05) is 13.2 Å². The molecule has 7 N–H and O–H groups in total. The van der Waals surface area contributed by atoms with E-state index in [1.807, 2.05) is 6.08 Å². The molecule has 1 aliphatic rings. The molecule has 0 bridgehead atoms. The average Bonchev–Trinajstić information content (AvgIpc) is 3.21. The van der Waals surface area contributed by atoms with Crippen LogP contribution in [0.25, 0.3) is 0 Å². The smallest absolute Gasteiger partial charge is 0.249 e. The van der Waals surface area contributed by atoms with Gasteiger partial charge in [0.05, 0.1) is 25.4 Å². The van der Waals surface area contributed by atoms with Crippen LogP contribution < -0.4 is 5.32 Å². The molecule has 57 heavy (non-hydrogen) atoms. The minimum Gasteiger partial charge on any atom is -0.394 e. The maximum Gasteiger partial charge on any atom is 0.249 e. The maximum atomic E-state index is 13.0. The van der Waals surface area contributed by atoms with Crippen molar-refractivity contribution in [2.24, 2.45) is 0 Å². The predicted molar refractivity (Wildman–Crippen MR) is 232 cm³/mol. The fourth-order valence-corrected chi connectivity index (χ4v) is 7.45. The lowest BCUT2D eigenvalue weighted by Crippen LogP contribution is -2.60. The van der Waals surface area contributed by atoms with Gasteiger partial charge in [0.1, 0.15) is 30.5 Å². The molecule has 336 valence electrons. The second kappa shape index (κ2) is 37.6. The van der Waals surface area contributed by atoms with E-state index in [0.717, 1.165) is 38.5 Å². The Morgan fingerprint density at radius 1 is 0.596 bits per heavy atom. The summed E-state index contributed by atoms with van der Waals surface area (Å²) >= 11 is 0. The van der Waals surface area contributed by atoms with Crippen molar-refractivity contribution in [3.63, 3.8) is 0 Å². The Labute approximate surface area is 348 Å². The number of rotatable bonds is 39. The van der Waals surface area contributed by atoms with Crippen LogP contribution in [-0.2, 0) is 14.3 Å². The zero-order valence-electron chi connectivity index (χ0n) is 36.5. The Morgan fingerprint density at radius 2 is 1.02 bits per heavy atom. The van der Waals surface area contributed by atoms with Gasteiger partial charge in [-0.2, -0.15) is 0 Å². The van der Waals surface area contributed by atoms with E-state index >= 15 is 0 Å². The number of carbonyl (C=O) groups excluding carboxylic acids is 1. The number of aliphatic hydroxyl groups excluding tert-OH is 6. The van der Waals surface area contributed by atoms with Gasteiger partial charge in [-0.25, -0.2) is 0 Å². The van der Waals surface area contributed by atoms with E-state index < -0.39 is 61.5 Å². The minimum atomic E-state index is -1.61. The van der Waals surface area contributed by atoms with E-state index in [4.69, 9.17) is 9.47 Å². The van der Waals surface area contributed by atoms with Gasteiger partial charge in [-0.3, -0.25) is 4.79 Å². The average molecular weight is 812 g/mol. The lowest BCUT2D eigenvalue weighted by Gasteiger charge is -2.40. The normalized spacial score (nSPS) is 21.7. The monoisotopic (exact) mass is 812 g/mol. The fourth-order valence-electron chi connectivity index (χ4n) is 7.45. The number of nitrogens with one attached hydrogen (secondary N) is 1. The fraction of sp³-hybridized carbons (Fsp3) is 0.894. The number of ether oxygens (including phenoxy) is 2. The first-order valence-corrected chi connectivity index (χ1v) is 23.7. The van der Waals surface area contributed by atoms with Gasteiger partial charge in [0.2, 0.25) is 5.91 Å². The number of aliphatic hydroxyl groups is 6. The molecule has 8 atom stereocenters. The molecule has 10 heteroatoms. The van der Waals surface area contributed by atoms with Crippen LogP contribution >= 0.6 is 0 Å². The third-order valence-corrected chi connectivity index (χ3v) is 11.4. The Balaban J connectivity index is 2.36. The van der Waals surface area contributed by atoms with E-state index in [-0.39, 0.29) is 6.61 Å². The number of carbonyl (C=O) groups is 1. The summed E-state index contributed by atoms with van der Waals surface area (Å²) in [6.07, 6.45) is 34.1. The molecule has 1 heterocycles. The van der Waals surface area contributed by atoms with Gasteiger partial charge < -0.3 is 45.4 Å². The Hall–Kier alpha value is -1.37. The molecule has 0 aromatic carbocycles. The van der Waals surface area contributed by atoms with Crippen molar-refractivity contribution in [2.45, 2.75) is 255 Å². The molecule has 0 aromatic rings. The molecule has 0 aromatic heterocycles. The topological polar surface area (TPSA) is 169 Å². The number of amides is 1. The number of hydrogen-bond acceptors (Lipinski definition) is 9. The second-order valence-corrected chi connectivity index (χ2v) is 16.7. The van der Waals surface area contributed by atoms with Gasteiger partial charge >= 0.3 is 0 Å². The highest BCUT2D eigenvalue weighted by molar-refractivity contribution is 5.80. The lowest BCUT2D eigenvalue weighted by molar-refractivity contribution is -0.302. The second-order valence-electron chi connectivity index (χ2n) is 16.7. The zero-order valence-corrected chi connectivity index (χ0v) is 36.5. The minimum absolute atomic E-state index is 0.304. The summed E-state index contributed by atoms with van der Waals surface area (Å²) in [7, 11) is 0. The summed E-state index contributed by atoms with van der Waals surface area (Å²) in [4.78, 5) is 13.0. The highest BCUT2D eigenvalue weighted by Gasteiger charge is 2.44. The van der Waals surface area contributed by atoms with Gasteiger partial charge in [0.25, 0.3) is 0 Å². The first-order chi connectivity index (χ1) is 27.8. The molecule has 0 radical (unpaired) electrons. The first-order valence-electron chi connectivity index (χ1n) is 23.7. The Bertz CT molecular complexity index is 963. The van der Waals surface area contributed by atoms with Gasteiger partial charge in [-0.05, 0) is 44.9 Å². The standard InChI is InChI=1S/C47H89NO9/c1-3-5-7-9-11-13-15-17-18-19-20-21-22-23-24-26-28-30-32-34-36-41(51)46(55)48-39(38-56-47-45(54)44(53)43(52)42(37-49)57-47)40(50)35-33-31-29-27-25-16-14-12-10-8-6-4-2/h17-18,33,35,39-45,47,49-54H,3-16,19-32,34,36-38H2,1-2H3,(H,48,55)/b18-17-,35-33+/t39-,40+,41+,42+,43+,44-,45+,47+/m0/s1. The SMILES string of the molecule is CCCCCCCC/C=C\CCCCCCCCCCCC[C@@H](O)C(=O)N[C@@H](CO[C@@H]1O[C@H](CO)[C@@H](O)[C@H](O)[C@H]1O)[C@H](O)/C=C/CCCCCCCCCCCC. The summed E-state index contributed by atoms with van der Waals surface area (Å²) in [5.41, 5.74) is 0. The van der Waals surface area contributed by atoms with Crippen molar-refractivity contribution in [3.05, 3.63) is 24.3 Å². The first kappa shape index (κ1) is 53.6. The molecule has 1 aliphatic heterocycles. The molecule has 0 aliphatic carbocycles. The van der Waals surface area contributed by atoms with Crippen LogP contribution in [0.15, 0.2) is 24.3 Å². The summed E-state index contributed by atoms with van der Waals surface area (Å²) in [5, 5.41) is 64.6. The molecule has 0 spiro atoms. The molecule has 1 fully saturated rings. The van der Waals surface area contributed by atoms with E-state index in [9.17, 15) is 35.4 Å². The van der Waals surface area contributed by atoms with Crippen LogP contribution in [0, 0.1) is 0 Å². The highest BCUT2D eigenvalue weighted by Crippen LogP contribution is 2.23. The van der Waals surface area contributed by atoms with Gasteiger partial charge in [-0.15, -0.1) is 0 Å². The summed E-state index contributed by atoms with van der Waals surface area (Å²) < 4.78 is 11.1. The Kier molecular flexibility index (Phi) is 35.4. The molecule has 0 unspecified atom stereocenters. The molecule has 0 saturated carbocycles. The number of allylic oxidation sites excluding steroid dienone is 3. The lowest BCUT2D eigenvalue weighted by atomic mass is 9.99. The predicted octanol–water partition coefficient (Wildman–Crippen LogP) is 8.86. The maximum absolute atomic E-state index is 13.0. The van der Waals surface area contributed by atoms with Crippen molar-refractivity contribution in [1.82, 2.24) is 5.32 Å². The van der Waals surface area contributed by atoms with Crippen LogP contribution in [0.3, 0.4) is 0 Å². The van der Waals surface area contributed by atoms with E-state index in [0.29, 0.717) is 12.8 Å². The third kappa shape index (κ3) is 27.9.